The second kappa shape index (κ2) is 9.73. The van der Waals surface area contributed by atoms with Crippen molar-refractivity contribution in [1.29, 1.82) is 10.8 Å². The highest BCUT2D eigenvalue weighted by atomic mass is 32.2. The first-order chi connectivity index (χ1) is 16.5. The van der Waals surface area contributed by atoms with Gasteiger partial charge >= 0.3 is 0 Å². The van der Waals surface area contributed by atoms with Gasteiger partial charge in [0.05, 0.1) is 24.0 Å². The normalized spacial score (nSPS) is 21.7. The Labute approximate surface area is 206 Å². The highest BCUT2D eigenvalue weighted by molar-refractivity contribution is 8.26. The minimum Gasteiger partial charge on any atom is -0.384 e. The lowest BCUT2D eigenvalue weighted by Crippen LogP contribution is -2.35. The maximum atomic E-state index is 13.3. The molecule has 2 aliphatic rings. The summed E-state index contributed by atoms with van der Waals surface area (Å²) < 4.78 is 61.8. The molecule has 2 aromatic rings. The summed E-state index contributed by atoms with van der Waals surface area (Å²) in [6.45, 7) is 3.56. The second-order valence-electron chi connectivity index (χ2n) is 9.18. The van der Waals surface area contributed by atoms with Crippen molar-refractivity contribution >= 4 is 43.1 Å². The molecule has 0 radical (unpaired) electrons. The average Bonchev–Trinajstić information content (AvgIpc) is 3.20. The molecule has 2 atom stereocenters. The van der Waals surface area contributed by atoms with Crippen LogP contribution in [-0.4, -0.2) is 79.7 Å². The summed E-state index contributed by atoms with van der Waals surface area (Å²) in [7, 11) is -0.408. The Kier molecular flexibility index (Phi) is 7.21. The molecule has 1 aliphatic carbocycles. The number of likely N-dealkylation sites (N-methyl/N-ethyl adjacent to an activating group) is 1. The van der Waals surface area contributed by atoms with Crippen LogP contribution in [0.1, 0.15) is 25.6 Å². The van der Waals surface area contributed by atoms with Crippen LogP contribution in [0.2, 0.25) is 0 Å². The minimum absolute atomic E-state index is 0.00897. The van der Waals surface area contributed by atoms with Crippen molar-refractivity contribution in [2.24, 2.45) is 5.92 Å². The molecule has 0 spiro atoms. The number of methoxy groups -OCH3 is 1. The van der Waals surface area contributed by atoms with Gasteiger partial charge < -0.3 is 15.0 Å². The van der Waals surface area contributed by atoms with E-state index < -0.39 is 27.0 Å². The number of nitrogens with zero attached hydrogens (tertiary/aromatic N) is 3. The highest BCUT2D eigenvalue weighted by Crippen LogP contribution is 2.37. The van der Waals surface area contributed by atoms with Crippen molar-refractivity contribution in [3.8, 4) is 0 Å². The minimum atomic E-state index is -3.90. The summed E-state index contributed by atoms with van der Waals surface area (Å²) in [6, 6.07) is 1.70. The van der Waals surface area contributed by atoms with Crippen LogP contribution in [0.5, 0.6) is 0 Å². The van der Waals surface area contributed by atoms with Crippen LogP contribution in [0.25, 0.3) is 5.52 Å². The summed E-state index contributed by atoms with van der Waals surface area (Å²) in [4.78, 5) is 6.27. The van der Waals surface area contributed by atoms with E-state index in [0.29, 0.717) is 42.7 Å². The highest BCUT2D eigenvalue weighted by Gasteiger charge is 2.42. The lowest BCUT2D eigenvalue weighted by Gasteiger charge is -2.22. The SMILES string of the molecule is CNC1CN(c2cc(S(=O)(=O)NC3(C)CC3)cn3c(C(=N)SC(=N)C(F)F)ncc23)CC1COC. The topological polar surface area (TPSA) is 136 Å². The van der Waals surface area contributed by atoms with Gasteiger partial charge in [0.25, 0.3) is 6.43 Å². The van der Waals surface area contributed by atoms with Crippen LogP contribution in [0.3, 0.4) is 0 Å². The monoisotopic (exact) mass is 529 g/mol. The molecular formula is C21H29F2N7O3S2. The third kappa shape index (κ3) is 5.35. The van der Waals surface area contributed by atoms with Gasteiger partial charge in [-0.1, -0.05) is 0 Å². The number of halogens is 2. The number of ether oxygens (including phenoxy) is 1. The van der Waals surface area contributed by atoms with Crippen LogP contribution < -0.4 is 14.9 Å². The predicted molar refractivity (Wildman–Crippen MR) is 132 cm³/mol. The molecule has 0 aromatic carbocycles. The molecule has 10 nitrogen and oxygen atoms in total. The van der Waals surface area contributed by atoms with Gasteiger partial charge in [0.15, 0.2) is 5.82 Å². The molecule has 1 saturated heterocycles. The molecule has 1 aliphatic heterocycles. The van der Waals surface area contributed by atoms with Crippen LogP contribution in [-0.2, 0) is 14.8 Å². The maximum Gasteiger partial charge on any atom is 0.285 e. The number of hydrogen-bond donors (Lipinski definition) is 4. The van der Waals surface area contributed by atoms with Crippen molar-refractivity contribution < 1.29 is 21.9 Å². The van der Waals surface area contributed by atoms with Gasteiger partial charge in [0.2, 0.25) is 10.0 Å². The Morgan fingerprint density at radius 2 is 2.09 bits per heavy atom. The Morgan fingerprint density at radius 3 is 2.69 bits per heavy atom. The number of thioether (sulfide) groups is 1. The van der Waals surface area contributed by atoms with Gasteiger partial charge in [-0.2, -0.15) is 0 Å². The number of pyridine rings is 1. The Hall–Kier alpha value is -2.13. The first-order valence-corrected chi connectivity index (χ1v) is 13.4. The van der Waals surface area contributed by atoms with E-state index in [1.807, 2.05) is 18.9 Å². The number of aromatic nitrogens is 2. The van der Waals surface area contributed by atoms with Crippen LogP contribution >= 0.6 is 11.8 Å². The molecule has 2 fully saturated rings. The molecule has 0 bridgehead atoms. The van der Waals surface area contributed by atoms with E-state index >= 15 is 0 Å². The van der Waals surface area contributed by atoms with E-state index in [4.69, 9.17) is 15.6 Å². The summed E-state index contributed by atoms with van der Waals surface area (Å²) >= 11 is 0.291. The summed E-state index contributed by atoms with van der Waals surface area (Å²) in [6.07, 6.45) is 1.32. The van der Waals surface area contributed by atoms with Gasteiger partial charge in [0, 0.05) is 43.9 Å². The molecule has 4 N–H and O–H groups in total. The zero-order valence-electron chi connectivity index (χ0n) is 19.6. The van der Waals surface area contributed by atoms with Crippen LogP contribution in [0, 0.1) is 16.7 Å². The van der Waals surface area contributed by atoms with Crippen LogP contribution in [0.15, 0.2) is 23.4 Å². The summed E-state index contributed by atoms with van der Waals surface area (Å²) in [5.74, 6) is 0.153. The fraction of sp³-hybridized carbons (Fsp3) is 0.571. The van der Waals surface area contributed by atoms with Crippen molar-refractivity contribution in [3.63, 3.8) is 0 Å². The predicted octanol–water partition coefficient (Wildman–Crippen LogP) is 2.14. The fourth-order valence-electron chi connectivity index (χ4n) is 4.27. The lowest BCUT2D eigenvalue weighted by atomic mass is 10.1. The van der Waals surface area contributed by atoms with Gasteiger partial charge in [-0.3, -0.25) is 15.2 Å². The van der Waals surface area contributed by atoms with E-state index in [9.17, 15) is 17.2 Å². The molecule has 14 heteroatoms. The molecule has 2 aromatic heterocycles. The Bertz CT molecular complexity index is 1250. The quantitative estimate of drug-likeness (QED) is 0.289. The van der Waals surface area contributed by atoms with Gasteiger partial charge in [-0.05, 0) is 44.6 Å². The van der Waals surface area contributed by atoms with E-state index in [2.05, 4.69) is 15.0 Å². The number of anilines is 1. The fourth-order valence-corrected chi connectivity index (χ4v) is 6.31. The maximum absolute atomic E-state index is 13.3. The molecule has 2 unspecified atom stereocenters. The molecule has 192 valence electrons. The lowest BCUT2D eigenvalue weighted by molar-refractivity contribution is 0.149. The molecule has 3 heterocycles. The third-order valence-corrected chi connectivity index (χ3v) is 8.82. The summed E-state index contributed by atoms with van der Waals surface area (Å²) in [5, 5.41) is 17.6. The number of sulfonamides is 1. The smallest absolute Gasteiger partial charge is 0.285 e. The molecule has 4 rings (SSSR count). The van der Waals surface area contributed by atoms with Gasteiger partial charge in [-0.25, -0.2) is 26.9 Å². The number of alkyl halides is 2. The first-order valence-electron chi connectivity index (χ1n) is 11.1. The molecule has 1 saturated carbocycles. The van der Waals surface area contributed by atoms with Gasteiger partial charge in [0.1, 0.15) is 15.0 Å². The average molecular weight is 530 g/mol. The van der Waals surface area contributed by atoms with E-state index in [-0.39, 0.29) is 27.7 Å². The second-order valence-corrected chi connectivity index (χ2v) is 11.9. The number of rotatable bonds is 9. The zero-order chi connectivity index (χ0) is 25.5. The standard InChI is InChI=1S/C21H29F2N7O3S2/c1-21(4-5-21)28-35(31,32)13-6-15(29-8-12(11-33-3)14(10-29)26-2)16-7-27-20(30(16)9-13)19(25)34-18(24)17(22)23/h6-7,9,12,14,17,24-26,28H,4-5,8,10-11H2,1-3H3. The Morgan fingerprint density at radius 1 is 1.37 bits per heavy atom. The van der Waals surface area contributed by atoms with Crippen molar-refractivity contribution in [2.75, 3.05) is 38.8 Å². The molecule has 35 heavy (non-hydrogen) atoms. The van der Waals surface area contributed by atoms with Crippen LogP contribution in [0.4, 0.5) is 14.5 Å². The number of hydrogen-bond acceptors (Lipinski definition) is 9. The largest absolute Gasteiger partial charge is 0.384 e. The number of imidazole rings is 1. The zero-order valence-corrected chi connectivity index (χ0v) is 21.3. The molecular weight excluding hydrogens is 500 g/mol. The first kappa shape index (κ1) is 25.9. The van der Waals surface area contributed by atoms with E-state index in [1.165, 1.54) is 16.8 Å². The van der Waals surface area contributed by atoms with Crippen molar-refractivity contribution in [3.05, 3.63) is 24.3 Å². The number of fused-ring (bicyclic) bond motifs is 1. The van der Waals surface area contributed by atoms with E-state index in [1.54, 1.807) is 13.2 Å². The Balaban J connectivity index is 1.80. The van der Waals surface area contributed by atoms with E-state index in [0.717, 1.165) is 12.8 Å². The van der Waals surface area contributed by atoms with Crippen molar-refractivity contribution in [2.45, 2.75) is 42.7 Å². The third-order valence-electron chi connectivity index (χ3n) is 6.43. The number of nitrogens with one attached hydrogen (secondary N) is 4. The van der Waals surface area contributed by atoms with Crippen molar-refractivity contribution in [1.82, 2.24) is 19.4 Å². The van der Waals surface area contributed by atoms with Gasteiger partial charge in [-0.15, -0.1) is 0 Å². The summed E-state index contributed by atoms with van der Waals surface area (Å²) in [5.41, 5.74) is 0.654. The molecule has 0 amide bonds.